The van der Waals surface area contributed by atoms with Crippen molar-refractivity contribution in [3.05, 3.63) is 51.8 Å². The molecule has 1 aromatic heterocycles. The zero-order chi connectivity index (χ0) is 16.9. The van der Waals surface area contributed by atoms with Crippen LogP contribution >= 0.6 is 11.3 Å². The van der Waals surface area contributed by atoms with E-state index in [9.17, 15) is 4.79 Å². The average molecular weight is 343 g/mol. The molecule has 1 aliphatic rings. The Bertz CT molecular complexity index is 793. The maximum Gasteiger partial charge on any atom is 0.363 e. The highest BCUT2D eigenvalue weighted by atomic mass is 32.1. The van der Waals surface area contributed by atoms with Gasteiger partial charge in [0.15, 0.2) is 17.2 Å². The van der Waals surface area contributed by atoms with Crippen LogP contribution in [0.15, 0.2) is 46.4 Å². The standard InChI is InChI=1S/C18H17NO4S/c1-3-8-22-15-11-12(6-7-14(15)21-2)10-13-18(20)23-17(19-13)16-5-4-9-24-16/h4-7,9-11H,3,8H2,1-2H3/b13-10+. The first-order valence-corrected chi connectivity index (χ1v) is 8.46. The van der Waals surface area contributed by atoms with Crippen LogP contribution in [0, 0.1) is 0 Å². The molecular formula is C18H17NO4S. The van der Waals surface area contributed by atoms with E-state index in [1.807, 2.05) is 42.6 Å². The van der Waals surface area contributed by atoms with Gasteiger partial charge in [0.25, 0.3) is 0 Å². The molecule has 24 heavy (non-hydrogen) atoms. The Kier molecular flexibility index (Phi) is 4.96. The summed E-state index contributed by atoms with van der Waals surface area (Å²) in [7, 11) is 1.60. The molecule has 2 heterocycles. The van der Waals surface area contributed by atoms with Gasteiger partial charge < -0.3 is 14.2 Å². The summed E-state index contributed by atoms with van der Waals surface area (Å²) in [5.41, 5.74) is 1.06. The number of nitrogens with zero attached hydrogens (tertiary/aromatic N) is 1. The summed E-state index contributed by atoms with van der Waals surface area (Å²) >= 11 is 1.48. The molecule has 0 atom stereocenters. The lowest BCUT2D eigenvalue weighted by atomic mass is 10.1. The van der Waals surface area contributed by atoms with Gasteiger partial charge in [-0.2, -0.15) is 0 Å². The maximum atomic E-state index is 12.0. The fourth-order valence-electron chi connectivity index (χ4n) is 2.18. The summed E-state index contributed by atoms with van der Waals surface area (Å²) in [6.07, 6.45) is 2.58. The second-order valence-electron chi connectivity index (χ2n) is 5.07. The Balaban J connectivity index is 1.89. The molecule has 0 amide bonds. The molecule has 0 spiro atoms. The van der Waals surface area contributed by atoms with Gasteiger partial charge in [-0.3, -0.25) is 0 Å². The van der Waals surface area contributed by atoms with Gasteiger partial charge >= 0.3 is 5.97 Å². The highest BCUT2D eigenvalue weighted by Gasteiger charge is 2.24. The smallest absolute Gasteiger partial charge is 0.363 e. The van der Waals surface area contributed by atoms with Gasteiger partial charge in [0.05, 0.1) is 18.6 Å². The van der Waals surface area contributed by atoms with Crippen molar-refractivity contribution in [2.45, 2.75) is 13.3 Å². The van der Waals surface area contributed by atoms with Crippen molar-refractivity contribution in [1.82, 2.24) is 0 Å². The van der Waals surface area contributed by atoms with Gasteiger partial charge in [-0.05, 0) is 41.6 Å². The van der Waals surface area contributed by atoms with Crippen LogP contribution < -0.4 is 9.47 Å². The fourth-order valence-corrected chi connectivity index (χ4v) is 2.83. The number of carbonyl (C=O) groups excluding carboxylic acids is 1. The number of hydrogen-bond donors (Lipinski definition) is 0. The van der Waals surface area contributed by atoms with Crippen LogP contribution in [0.3, 0.4) is 0 Å². The third-order valence-electron chi connectivity index (χ3n) is 3.31. The number of thiophene rings is 1. The van der Waals surface area contributed by atoms with Crippen molar-refractivity contribution < 1.29 is 19.0 Å². The number of rotatable bonds is 6. The summed E-state index contributed by atoms with van der Waals surface area (Å²) in [6.45, 7) is 2.63. The molecule has 2 aromatic rings. The molecule has 0 fully saturated rings. The molecule has 124 valence electrons. The minimum absolute atomic E-state index is 0.269. The van der Waals surface area contributed by atoms with Crippen LogP contribution in [0.25, 0.3) is 6.08 Å². The van der Waals surface area contributed by atoms with Crippen LogP contribution in [-0.4, -0.2) is 25.6 Å². The molecule has 0 aliphatic carbocycles. The Morgan fingerprint density at radius 3 is 2.88 bits per heavy atom. The van der Waals surface area contributed by atoms with Gasteiger partial charge in [0.2, 0.25) is 5.90 Å². The molecule has 6 heteroatoms. The zero-order valence-corrected chi connectivity index (χ0v) is 14.3. The quantitative estimate of drug-likeness (QED) is 0.590. The number of esters is 1. The van der Waals surface area contributed by atoms with Crippen LogP contribution in [0.2, 0.25) is 0 Å². The molecule has 0 N–H and O–H groups in total. The van der Waals surface area contributed by atoms with Gasteiger partial charge in [-0.25, -0.2) is 9.79 Å². The van der Waals surface area contributed by atoms with Gasteiger partial charge in [-0.1, -0.05) is 19.1 Å². The first-order chi connectivity index (χ1) is 11.7. The van der Waals surface area contributed by atoms with Gasteiger partial charge in [0.1, 0.15) is 0 Å². The number of cyclic esters (lactones) is 1. The van der Waals surface area contributed by atoms with Crippen LogP contribution in [0.4, 0.5) is 0 Å². The molecule has 5 nitrogen and oxygen atoms in total. The van der Waals surface area contributed by atoms with Gasteiger partial charge in [-0.15, -0.1) is 11.3 Å². The predicted molar refractivity (Wildman–Crippen MR) is 93.7 cm³/mol. The van der Waals surface area contributed by atoms with E-state index in [-0.39, 0.29) is 5.70 Å². The molecule has 3 rings (SSSR count). The summed E-state index contributed by atoms with van der Waals surface area (Å²) in [4.78, 5) is 17.1. The van der Waals surface area contributed by atoms with E-state index < -0.39 is 5.97 Å². The van der Waals surface area contributed by atoms with Crippen molar-refractivity contribution in [2.75, 3.05) is 13.7 Å². The van der Waals surface area contributed by atoms with Crippen molar-refractivity contribution >= 4 is 29.3 Å². The SMILES string of the molecule is CCCOc1cc(/C=C2/N=C(c3cccs3)OC2=O)ccc1OC. The van der Waals surface area contributed by atoms with E-state index in [4.69, 9.17) is 14.2 Å². The van der Waals surface area contributed by atoms with Gasteiger partial charge in [0, 0.05) is 0 Å². The van der Waals surface area contributed by atoms with Crippen LogP contribution in [-0.2, 0) is 9.53 Å². The molecule has 1 aromatic carbocycles. The molecule has 0 radical (unpaired) electrons. The zero-order valence-electron chi connectivity index (χ0n) is 13.4. The average Bonchev–Trinajstić information content (AvgIpc) is 3.23. The molecule has 0 bridgehead atoms. The first-order valence-electron chi connectivity index (χ1n) is 7.58. The summed E-state index contributed by atoms with van der Waals surface area (Å²) in [5, 5.41) is 1.91. The third-order valence-corrected chi connectivity index (χ3v) is 4.16. The monoisotopic (exact) mass is 343 g/mol. The van der Waals surface area contributed by atoms with E-state index in [0.717, 1.165) is 16.9 Å². The molecule has 0 unspecified atom stereocenters. The topological polar surface area (TPSA) is 57.1 Å². The van der Waals surface area contributed by atoms with E-state index >= 15 is 0 Å². The summed E-state index contributed by atoms with van der Waals surface area (Å²) in [5.74, 6) is 1.19. The van der Waals surface area contributed by atoms with E-state index in [0.29, 0.717) is 24.0 Å². The Morgan fingerprint density at radius 1 is 1.29 bits per heavy atom. The van der Waals surface area contributed by atoms with Crippen molar-refractivity contribution in [2.24, 2.45) is 4.99 Å². The molecule has 0 saturated heterocycles. The van der Waals surface area contributed by atoms with Crippen LogP contribution in [0.5, 0.6) is 11.5 Å². The van der Waals surface area contributed by atoms with Crippen LogP contribution in [0.1, 0.15) is 23.8 Å². The summed E-state index contributed by atoms with van der Waals surface area (Å²) in [6, 6.07) is 9.23. The number of methoxy groups -OCH3 is 1. The number of ether oxygens (including phenoxy) is 3. The van der Waals surface area contributed by atoms with E-state index in [2.05, 4.69) is 4.99 Å². The maximum absolute atomic E-state index is 12.0. The first kappa shape index (κ1) is 16.3. The lowest BCUT2D eigenvalue weighted by molar-refractivity contribution is -0.129. The molecule has 0 saturated carbocycles. The van der Waals surface area contributed by atoms with Crippen molar-refractivity contribution in [1.29, 1.82) is 0 Å². The highest BCUT2D eigenvalue weighted by molar-refractivity contribution is 7.12. The largest absolute Gasteiger partial charge is 0.493 e. The normalized spacial score (nSPS) is 15.3. The Labute approximate surface area is 144 Å². The number of benzene rings is 1. The molecule has 1 aliphatic heterocycles. The van der Waals surface area contributed by atoms with Crippen molar-refractivity contribution in [3.8, 4) is 11.5 Å². The minimum atomic E-state index is -0.453. The van der Waals surface area contributed by atoms with E-state index in [1.165, 1.54) is 11.3 Å². The van der Waals surface area contributed by atoms with Crippen molar-refractivity contribution in [3.63, 3.8) is 0 Å². The van der Waals surface area contributed by atoms with E-state index in [1.54, 1.807) is 13.2 Å². The lowest BCUT2D eigenvalue weighted by Gasteiger charge is -2.10. The highest BCUT2D eigenvalue weighted by Crippen LogP contribution is 2.30. The Hall–Kier alpha value is -2.60. The molecular weight excluding hydrogens is 326 g/mol. The fraction of sp³-hybridized carbons (Fsp3) is 0.222. The number of hydrogen-bond acceptors (Lipinski definition) is 6. The summed E-state index contributed by atoms with van der Waals surface area (Å²) < 4.78 is 16.2. The lowest BCUT2D eigenvalue weighted by Crippen LogP contribution is -2.03. The predicted octanol–water partition coefficient (Wildman–Crippen LogP) is 3.89. The second kappa shape index (κ2) is 7.31. The Morgan fingerprint density at radius 2 is 2.17 bits per heavy atom. The second-order valence-corrected chi connectivity index (χ2v) is 6.02. The number of carbonyl (C=O) groups is 1. The number of aliphatic imine (C=N–C) groups is 1. The minimum Gasteiger partial charge on any atom is -0.493 e. The third kappa shape index (κ3) is 3.49.